The van der Waals surface area contributed by atoms with Gasteiger partial charge in [-0.05, 0) is 13.5 Å². The molecule has 0 spiro atoms. The van der Waals surface area contributed by atoms with Crippen LogP contribution in [0.2, 0.25) is 0 Å². The summed E-state index contributed by atoms with van der Waals surface area (Å²) in [6.07, 6.45) is 3.75. The molecule has 1 unspecified atom stereocenters. The van der Waals surface area contributed by atoms with Gasteiger partial charge >= 0.3 is 0 Å². The Bertz CT molecular complexity index is 509. The Kier molecular flexibility index (Phi) is 4.35. The zero-order chi connectivity index (χ0) is 13.7. The van der Waals surface area contributed by atoms with Gasteiger partial charge in [0.05, 0.1) is 12.1 Å². The van der Waals surface area contributed by atoms with Crippen molar-refractivity contribution in [3.63, 3.8) is 0 Å². The number of aliphatic hydroxyl groups excluding tert-OH is 1. The van der Waals surface area contributed by atoms with Crippen molar-refractivity contribution in [1.29, 1.82) is 0 Å². The zero-order valence-electron chi connectivity index (χ0n) is 11.5. The summed E-state index contributed by atoms with van der Waals surface area (Å²) in [5, 5.41) is 12.9. The lowest BCUT2D eigenvalue weighted by molar-refractivity contribution is 0.160. The van der Waals surface area contributed by atoms with Crippen LogP contribution < -0.4 is 5.32 Å². The topological polar surface area (TPSA) is 50.1 Å². The number of aromatic nitrogens is 2. The van der Waals surface area contributed by atoms with Crippen LogP contribution in [0.3, 0.4) is 0 Å². The number of benzene rings is 1. The summed E-state index contributed by atoms with van der Waals surface area (Å²) in [4.78, 5) is 4.42. The van der Waals surface area contributed by atoms with Crippen molar-refractivity contribution in [2.75, 3.05) is 13.2 Å². The van der Waals surface area contributed by atoms with E-state index in [-0.39, 0.29) is 12.1 Å². The normalized spacial score (nSPS) is 14.3. The van der Waals surface area contributed by atoms with E-state index in [0.29, 0.717) is 6.54 Å². The van der Waals surface area contributed by atoms with E-state index in [2.05, 4.69) is 14.9 Å². The molecule has 4 nitrogen and oxygen atoms in total. The van der Waals surface area contributed by atoms with Gasteiger partial charge in [0.25, 0.3) is 0 Å². The second-order valence-electron chi connectivity index (χ2n) is 4.99. The highest BCUT2D eigenvalue weighted by atomic mass is 16.3. The maximum atomic E-state index is 9.58. The number of imidazole rings is 1. The molecule has 2 rings (SSSR count). The third kappa shape index (κ3) is 3.22. The molecular weight excluding hydrogens is 238 g/mol. The fourth-order valence-electron chi connectivity index (χ4n) is 2.25. The fourth-order valence-corrected chi connectivity index (χ4v) is 2.25. The molecule has 0 amide bonds. The summed E-state index contributed by atoms with van der Waals surface area (Å²) in [6.45, 7) is 5.66. The molecule has 2 N–H and O–H groups in total. The van der Waals surface area contributed by atoms with Crippen molar-refractivity contribution >= 4 is 0 Å². The lowest BCUT2D eigenvalue weighted by Gasteiger charge is -2.29. The summed E-state index contributed by atoms with van der Waals surface area (Å²) in [5.74, 6) is 0.929. The number of hydrogen-bond donors (Lipinski definition) is 2. The van der Waals surface area contributed by atoms with E-state index in [1.807, 2.05) is 50.4 Å². The minimum Gasteiger partial charge on any atom is -0.394 e. The largest absolute Gasteiger partial charge is 0.394 e. The summed E-state index contributed by atoms with van der Waals surface area (Å²) in [7, 11) is 0. The monoisotopic (exact) mass is 259 g/mol. The van der Waals surface area contributed by atoms with Crippen LogP contribution in [0.4, 0.5) is 0 Å². The lowest BCUT2D eigenvalue weighted by Crippen LogP contribution is -2.49. The molecule has 1 aromatic carbocycles. The highest BCUT2D eigenvalue weighted by Crippen LogP contribution is 2.19. The Morgan fingerprint density at radius 2 is 2.05 bits per heavy atom. The molecule has 0 radical (unpaired) electrons. The number of likely N-dealkylation sites (N-methyl/N-ethyl adjacent to an activating group) is 1. The second kappa shape index (κ2) is 5.99. The summed E-state index contributed by atoms with van der Waals surface area (Å²) >= 11 is 0. The Morgan fingerprint density at radius 1 is 1.32 bits per heavy atom. The van der Waals surface area contributed by atoms with Crippen LogP contribution in [0, 0.1) is 0 Å². The Labute approximate surface area is 114 Å². The Morgan fingerprint density at radius 3 is 2.68 bits per heavy atom. The first-order valence-corrected chi connectivity index (χ1v) is 6.61. The molecule has 0 aliphatic heterocycles. The SMILES string of the molecule is CCNC(C)(CO)Cn1ccnc1-c1ccccc1. The van der Waals surface area contributed by atoms with E-state index in [4.69, 9.17) is 0 Å². The van der Waals surface area contributed by atoms with Gasteiger partial charge < -0.3 is 15.0 Å². The van der Waals surface area contributed by atoms with Gasteiger partial charge in [0, 0.05) is 24.5 Å². The van der Waals surface area contributed by atoms with Crippen LogP contribution in [0.25, 0.3) is 11.4 Å². The van der Waals surface area contributed by atoms with E-state index in [1.54, 1.807) is 6.20 Å². The quantitative estimate of drug-likeness (QED) is 0.833. The molecule has 0 fully saturated rings. The molecule has 2 aromatic rings. The van der Waals surface area contributed by atoms with Crippen LogP contribution in [-0.4, -0.2) is 33.3 Å². The van der Waals surface area contributed by atoms with Crippen LogP contribution in [0.1, 0.15) is 13.8 Å². The standard InChI is InChI=1S/C15H21N3O/c1-3-17-15(2,12-19)11-18-10-9-16-14(18)13-7-5-4-6-8-13/h4-10,17,19H,3,11-12H2,1-2H3. The van der Waals surface area contributed by atoms with Gasteiger partial charge in [0.2, 0.25) is 0 Å². The van der Waals surface area contributed by atoms with Gasteiger partial charge in [0.15, 0.2) is 0 Å². The molecule has 4 heteroatoms. The third-order valence-corrected chi connectivity index (χ3v) is 3.22. The third-order valence-electron chi connectivity index (χ3n) is 3.22. The van der Waals surface area contributed by atoms with E-state index >= 15 is 0 Å². The molecule has 0 saturated heterocycles. The molecule has 0 aliphatic carbocycles. The molecule has 0 bridgehead atoms. The maximum absolute atomic E-state index is 9.58. The van der Waals surface area contributed by atoms with Crippen molar-refractivity contribution < 1.29 is 5.11 Å². The first-order chi connectivity index (χ1) is 9.18. The Hall–Kier alpha value is -1.65. The van der Waals surface area contributed by atoms with Crippen molar-refractivity contribution in [2.24, 2.45) is 0 Å². The number of rotatable bonds is 6. The molecule has 0 saturated carbocycles. The van der Waals surface area contributed by atoms with E-state index in [0.717, 1.165) is 17.9 Å². The summed E-state index contributed by atoms with van der Waals surface area (Å²) in [5.41, 5.74) is 0.753. The van der Waals surface area contributed by atoms with Crippen molar-refractivity contribution in [3.05, 3.63) is 42.7 Å². The first kappa shape index (κ1) is 13.8. The number of hydrogen-bond acceptors (Lipinski definition) is 3. The number of nitrogens with zero attached hydrogens (tertiary/aromatic N) is 2. The van der Waals surface area contributed by atoms with Gasteiger partial charge in [-0.15, -0.1) is 0 Å². The van der Waals surface area contributed by atoms with Gasteiger partial charge in [-0.3, -0.25) is 0 Å². The molecule has 1 atom stereocenters. The zero-order valence-corrected chi connectivity index (χ0v) is 11.5. The van der Waals surface area contributed by atoms with Gasteiger partial charge in [-0.25, -0.2) is 4.98 Å². The lowest BCUT2D eigenvalue weighted by atomic mass is 10.0. The Balaban J connectivity index is 2.25. The van der Waals surface area contributed by atoms with Crippen LogP contribution in [0.5, 0.6) is 0 Å². The average molecular weight is 259 g/mol. The summed E-state index contributed by atoms with van der Waals surface area (Å²) < 4.78 is 2.08. The highest BCUT2D eigenvalue weighted by molar-refractivity contribution is 5.55. The summed E-state index contributed by atoms with van der Waals surface area (Å²) in [6, 6.07) is 10.1. The van der Waals surface area contributed by atoms with Crippen molar-refractivity contribution in [1.82, 2.24) is 14.9 Å². The highest BCUT2D eigenvalue weighted by Gasteiger charge is 2.23. The predicted octanol–water partition coefficient (Wildman–Crippen LogP) is 1.91. The molecule has 1 aromatic heterocycles. The molecule has 19 heavy (non-hydrogen) atoms. The van der Waals surface area contributed by atoms with Gasteiger partial charge in [-0.1, -0.05) is 37.3 Å². The smallest absolute Gasteiger partial charge is 0.139 e. The minimum atomic E-state index is -0.334. The maximum Gasteiger partial charge on any atom is 0.139 e. The van der Waals surface area contributed by atoms with Crippen LogP contribution in [0.15, 0.2) is 42.7 Å². The van der Waals surface area contributed by atoms with Crippen LogP contribution in [-0.2, 0) is 6.54 Å². The number of nitrogens with one attached hydrogen (secondary N) is 1. The first-order valence-electron chi connectivity index (χ1n) is 6.61. The van der Waals surface area contributed by atoms with Crippen LogP contribution >= 0.6 is 0 Å². The fraction of sp³-hybridized carbons (Fsp3) is 0.400. The van der Waals surface area contributed by atoms with Crippen molar-refractivity contribution in [3.8, 4) is 11.4 Å². The number of aliphatic hydroxyl groups is 1. The van der Waals surface area contributed by atoms with E-state index < -0.39 is 0 Å². The second-order valence-corrected chi connectivity index (χ2v) is 4.99. The predicted molar refractivity (Wildman–Crippen MR) is 76.8 cm³/mol. The van der Waals surface area contributed by atoms with E-state index in [9.17, 15) is 5.11 Å². The molecular formula is C15H21N3O. The van der Waals surface area contributed by atoms with Gasteiger partial charge in [0.1, 0.15) is 5.82 Å². The molecule has 1 heterocycles. The van der Waals surface area contributed by atoms with Crippen molar-refractivity contribution in [2.45, 2.75) is 25.9 Å². The average Bonchev–Trinajstić information content (AvgIpc) is 2.88. The molecule has 102 valence electrons. The minimum absolute atomic E-state index is 0.0905. The van der Waals surface area contributed by atoms with E-state index in [1.165, 1.54) is 0 Å². The molecule has 0 aliphatic rings. The van der Waals surface area contributed by atoms with Gasteiger partial charge in [-0.2, -0.15) is 0 Å².